The lowest BCUT2D eigenvalue weighted by atomic mass is 10.1. The summed E-state index contributed by atoms with van der Waals surface area (Å²) in [6.07, 6.45) is 0.885. The van der Waals surface area contributed by atoms with Crippen LogP contribution in [0.25, 0.3) is 0 Å². The van der Waals surface area contributed by atoms with Gasteiger partial charge in [0.1, 0.15) is 0 Å². The maximum Gasteiger partial charge on any atom is 0.244 e. The molecule has 0 spiro atoms. The molecule has 0 heterocycles. The number of benzene rings is 2. The van der Waals surface area contributed by atoms with Crippen LogP contribution in [0.1, 0.15) is 12.0 Å². The number of hydrogen-bond donors (Lipinski definition) is 1. The van der Waals surface area contributed by atoms with Gasteiger partial charge in [-0.2, -0.15) is 0 Å². The zero-order valence-electron chi connectivity index (χ0n) is 13.6. The van der Waals surface area contributed by atoms with Gasteiger partial charge in [0.15, 0.2) is 0 Å². The molecule has 25 heavy (non-hydrogen) atoms. The molecule has 0 fully saturated rings. The molecule has 0 atom stereocenters. The summed E-state index contributed by atoms with van der Waals surface area (Å²) in [5.74, 6) is -0.493. The Bertz CT molecular complexity index is 743. The first kappa shape index (κ1) is 19.6. The first-order valence-electron chi connectivity index (χ1n) is 7.59. The molecule has 0 aliphatic heterocycles. The van der Waals surface area contributed by atoms with Gasteiger partial charge in [0.25, 0.3) is 0 Å². The molecule has 2 aromatic carbocycles. The normalized spacial score (nSPS) is 10.4. The van der Waals surface area contributed by atoms with Gasteiger partial charge in [-0.25, -0.2) is 0 Å². The standard InChI is InChI=1S/C18H17Cl3N2O2/c1-23(17(25)10-7-12-5-8-13(19)9-6-12)11-16(24)22-18-14(20)3-2-4-15(18)21/h2-6,8-9H,7,10-11H2,1H3,(H,22,24). The lowest BCUT2D eigenvalue weighted by Crippen LogP contribution is -2.35. The summed E-state index contributed by atoms with van der Waals surface area (Å²) in [7, 11) is 1.58. The van der Waals surface area contributed by atoms with E-state index < -0.39 is 0 Å². The van der Waals surface area contributed by atoms with Gasteiger partial charge >= 0.3 is 0 Å². The second kappa shape index (κ2) is 9.09. The van der Waals surface area contributed by atoms with E-state index in [1.807, 2.05) is 12.1 Å². The number of nitrogens with zero attached hydrogens (tertiary/aromatic N) is 1. The van der Waals surface area contributed by atoms with Gasteiger partial charge in [0.05, 0.1) is 22.3 Å². The minimum Gasteiger partial charge on any atom is -0.336 e. The number of rotatable bonds is 6. The molecule has 2 rings (SSSR count). The molecule has 0 unspecified atom stereocenters. The molecule has 0 aliphatic carbocycles. The maximum absolute atomic E-state index is 12.2. The number of nitrogens with one attached hydrogen (secondary N) is 1. The average molecular weight is 400 g/mol. The number of anilines is 1. The number of carbonyl (C=O) groups excluding carboxylic acids is 2. The molecule has 2 amide bonds. The van der Waals surface area contributed by atoms with E-state index in [1.54, 1.807) is 37.4 Å². The third-order valence-corrected chi connectivity index (χ3v) is 4.46. The van der Waals surface area contributed by atoms with E-state index in [0.717, 1.165) is 5.56 Å². The zero-order chi connectivity index (χ0) is 18.4. The van der Waals surface area contributed by atoms with Gasteiger partial charge in [0, 0.05) is 18.5 Å². The lowest BCUT2D eigenvalue weighted by molar-refractivity contribution is -0.133. The van der Waals surface area contributed by atoms with Gasteiger partial charge in [0.2, 0.25) is 11.8 Å². The van der Waals surface area contributed by atoms with Crippen LogP contribution in [-0.2, 0) is 16.0 Å². The minimum absolute atomic E-state index is 0.0823. The van der Waals surface area contributed by atoms with Crippen LogP contribution in [0.2, 0.25) is 15.1 Å². The van der Waals surface area contributed by atoms with Crippen molar-refractivity contribution in [2.24, 2.45) is 0 Å². The molecule has 4 nitrogen and oxygen atoms in total. The van der Waals surface area contributed by atoms with Crippen molar-refractivity contribution in [2.75, 3.05) is 18.9 Å². The largest absolute Gasteiger partial charge is 0.336 e. The molecule has 2 aromatic rings. The molecule has 1 N–H and O–H groups in total. The lowest BCUT2D eigenvalue weighted by Gasteiger charge is -2.17. The Labute approximate surface area is 161 Å². The predicted octanol–water partition coefficient (Wildman–Crippen LogP) is 4.68. The molecule has 0 aromatic heterocycles. The van der Waals surface area contributed by atoms with Crippen LogP contribution in [-0.4, -0.2) is 30.3 Å². The van der Waals surface area contributed by atoms with Gasteiger partial charge in [-0.15, -0.1) is 0 Å². The molecule has 0 aliphatic rings. The van der Waals surface area contributed by atoms with Crippen molar-refractivity contribution >= 4 is 52.3 Å². The Morgan fingerprint density at radius 2 is 1.60 bits per heavy atom. The molecular formula is C18H17Cl3N2O2. The van der Waals surface area contributed by atoms with E-state index in [2.05, 4.69) is 5.32 Å². The van der Waals surface area contributed by atoms with Crippen molar-refractivity contribution in [1.29, 1.82) is 0 Å². The van der Waals surface area contributed by atoms with Gasteiger partial charge in [-0.3, -0.25) is 9.59 Å². The second-order valence-electron chi connectivity index (χ2n) is 5.52. The first-order valence-corrected chi connectivity index (χ1v) is 8.72. The summed E-state index contributed by atoms with van der Waals surface area (Å²) in [6, 6.07) is 12.3. The Hall–Kier alpha value is -1.75. The molecule has 0 bridgehead atoms. The van der Waals surface area contributed by atoms with Crippen molar-refractivity contribution in [3.05, 3.63) is 63.1 Å². The van der Waals surface area contributed by atoms with Crippen LogP contribution in [0.15, 0.2) is 42.5 Å². The summed E-state index contributed by atoms with van der Waals surface area (Å²) in [5, 5.41) is 3.98. The monoisotopic (exact) mass is 398 g/mol. The van der Waals surface area contributed by atoms with E-state index in [0.29, 0.717) is 33.6 Å². The van der Waals surface area contributed by atoms with Crippen LogP contribution < -0.4 is 5.32 Å². The van der Waals surface area contributed by atoms with Crippen molar-refractivity contribution < 1.29 is 9.59 Å². The van der Waals surface area contributed by atoms with Gasteiger partial charge in [-0.05, 0) is 36.2 Å². The Morgan fingerprint density at radius 3 is 2.20 bits per heavy atom. The highest BCUT2D eigenvalue weighted by molar-refractivity contribution is 6.39. The highest BCUT2D eigenvalue weighted by Gasteiger charge is 2.15. The smallest absolute Gasteiger partial charge is 0.244 e. The summed E-state index contributed by atoms with van der Waals surface area (Å²) >= 11 is 17.9. The van der Waals surface area contributed by atoms with Crippen LogP contribution in [0, 0.1) is 0 Å². The summed E-state index contributed by atoms with van der Waals surface area (Å²) in [5.41, 5.74) is 1.36. The SMILES string of the molecule is CN(CC(=O)Nc1c(Cl)cccc1Cl)C(=O)CCc1ccc(Cl)cc1. The Kier molecular flexibility index (Phi) is 7.12. The molecule has 7 heteroatoms. The highest BCUT2D eigenvalue weighted by atomic mass is 35.5. The first-order chi connectivity index (χ1) is 11.9. The number of para-hydroxylation sites is 1. The fourth-order valence-electron chi connectivity index (χ4n) is 2.19. The minimum atomic E-state index is -0.364. The van der Waals surface area contributed by atoms with Crippen LogP contribution >= 0.6 is 34.8 Å². The highest BCUT2D eigenvalue weighted by Crippen LogP contribution is 2.29. The second-order valence-corrected chi connectivity index (χ2v) is 6.77. The van der Waals surface area contributed by atoms with Crippen molar-refractivity contribution in [2.45, 2.75) is 12.8 Å². The van der Waals surface area contributed by atoms with Crippen LogP contribution in [0.5, 0.6) is 0 Å². The van der Waals surface area contributed by atoms with E-state index in [-0.39, 0.29) is 18.4 Å². The molecule has 0 saturated carbocycles. The third kappa shape index (κ3) is 5.92. The van der Waals surface area contributed by atoms with Crippen molar-refractivity contribution in [3.63, 3.8) is 0 Å². The Balaban J connectivity index is 1.85. The number of halogens is 3. The summed E-state index contributed by atoms with van der Waals surface area (Å²) in [4.78, 5) is 25.7. The fourth-order valence-corrected chi connectivity index (χ4v) is 2.81. The van der Waals surface area contributed by atoms with E-state index in [1.165, 1.54) is 4.90 Å². The van der Waals surface area contributed by atoms with Crippen molar-refractivity contribution in [1.82, 2.24) is 4.90 Å². The van der Waals surface area contributed by atoms with Gasteiger partial charge in [-0.1, -0.05) is 53.0 Å². The molecule has 132 valence electrons. The summed E-state index contributed by atoms with van der Waals surface area (Å²) < 4.78 is 0. The average Bonchev–Trinajstić information content (AvgIpc) is 2.57. The van der Waals surface area contributed by atoms with Crippen molar-refractivity contribution in [3.8, 4) is 0 Å². The zero-order valence-corrected chi connectivity index (χ0v) is 15.8. The summed E-state index contributed by atoms with van der Waals surface area (Å²) in [6.45, 7) is -0.0823. The van der Waals surface area contributed by atoms with E-state index in [9.17, 15) is 9.59 Å². The molecule has 0 radical (unpaired) electrons. The van der Waals surface area contributed by atoms with E-state index >= 15 is 0 Å². The molecule has 0 saturated heterocycles. The number of amides is 2. The predicted molar refractivity (Wildman–Crippen MR) is 103 cm³/mol. The maximum atomic E-state index is 12.2. The topological polar surface area (TPSA) is 49.4 Å². The van der Waals surface area contributed by atoms with E-state index in [4.69, 9.17) is 34.8 Å². The quantitative estimate of drug-likeness (QED) is 0.767. The van der Waals surface area contributed by atoms with Gasteiger partial charge < -0.3 is 10.2 Å². The number of hydrogen-bond acceptors (Lipinski definition) is 2. The third-order valence-electron chi connectivity index (χ3n) is 3.57. The van der Waals surface area contributed by atoms with Crippen LogP contribution in [0.4, 0.5) is 5.69 Å². The Morgan fingerprint density at radius 1 is 1.00 bits per heavy atom. The number of likely N-dealkylation sites (N-methyl/N-ethyl adjacent to an activating group) is 1. The number of aryl methyl sites for hydroxylation is 1. The van der Waals surface area contributed by atoms with Crippen LogP contribution in [0.3, 0.4) is 0 Å². The fraction of sp³-hybridized carbons (Fsp3) is 0.222. The molecular weight excluding hydrogens is 383 g/mol. The number of carbonyl (C=O) groups is 2.